The van der Waals surface area contributed by atoms with Crippen LogP contribution in [-0.4, -0.2) is 224 Å². The van der Waals surface area contributed by atoms with E-state index in [0.717, 1.165) is 0 Å². The maximum atomic E-state index is 14.9. The molecule has 0 rings (SSSR count). The minimum atomic E-state index is -1.33. The lowest BCUT2D eigenvalue weighted by molar-refractivity contribution is -0.142. The van der Waals surface area contributed by atoms with Gasteiger partial charge in [0.2, 0.25) is 82.7 Å². The van der Waals surface area contributed by atoms with Crippen molar-refractivity contribution in [1.82, 2.24) is 74.4 Å². The number of rotatable bonds is 71. The van der Waals surface area contributed by atoms with Gasteiger partial charge >= 0.3 is 5.97 Å². The minimum absolute atomic E-state index is 0.0232. The van der Waals surface area contributed by atoms with E-state index < -0.39 is 179 Å². The first kappa shape index (κ1) is 119. The standard InChI is InChI=1S/C90H173N21O16/c1-52(2)43-67(103-76(112)61(97)31-19-25-37-91)85(121)111-75(51-60(17)18)89(125)109-70(46-55(7)8)83(119)101-64(34-22-28-40-94)79(115)105-73(49-58(13)14)87(123)107-68(44-53(3)4)81(117)99-62(32-20-26-38-92)77(113)98-63(33-21-27-39-93)78(114)104-72(48-57(11)12)86(122)108-69(45-54(5)6)82(118)100-65(35-23-29-41-95)80(116)106-74(50-59(15)16)88(124)110-71(47-56(9)10)84(120)102-66(90(126)127)36-24-30-42-96/h52-75H,19-51,91-97H2,1-18H3,(H,98,113)(H,99,117)(H,100,118)(H,101,119)(H,102,120)(H,103,112)(H,104,114)(H,105,115)(H,106,116)(H,107,123)(H,108,122)(H,109,125)(H,110,124)(H,111,121)(H,126,127)/t61-,62+,63+,64-,65-,66-,67-,68-,69-,70-,71-,72-,73-,74+,75+/m0/s1. The van der Waals surface area contributed by atoms with Gasteiger partial charge in [0, 0.05) is 0 Å². The number of amides is 14. The second-order valence-electron chi connectivity index (χ2n) is 38.2. The molecule has 0 radical (unpaired) electrons. The largest absolute Gasteiger partial charge is 0.480 e. The lowest BCUT2D eigenvalue weighted by atomic mass is 9.98. The Morgan fingerprint density at radius 1 is 0.181 bits per heavy atom. The van der Waals surface area contributed by atoms with Gasteiger partial charge in [0.25, 0.3) is 0 Å². The molecule has 0 fully saturated rings. The van der Waals surface area contributed by atoms with E-state index in [9.17, 15) is 77.0 Å². The summed E-state index contributed by atoms with van der Waals surface area (Å²) in [7, 11) is 0. The summed E-state index contributed by atoms with van der Waals surface area (Å²) in [6.07, 6.45) is 7.01. The van der Waals surface area contributed by atoms with Gasteiger partial charge < -0.3 is 120 Å². The molecule has 0 heterocycles. The van der Waals surface area contributed by atoms with Gasteiger partial charge in [-0.2, -0.15) is 0 Å². The number of unbranched alkanes of at least 4 members (excludes halogenated alkanes) is 6. The van der Waals surface area contributed by atoms with Crippen LogP contribution in [0.25, 0.3) is 0 Å². The molecule has 0 spiro atoms. The molecule has 0 aromatic heterocycles. The van der Waals surface area contributed by atoms with Crippen molar-refractivity contribution in [2.24, 2.45) is 93.4 Å². The van der Waals surface area contributed by atoms with Crippen LogP contribution in [0.4, 0.5) is 0 Å². The third-order valence-electron chi connectivity index (χ3n) is 21.2. The van der Waals surface area contributed by atoms with Crippen LogP contribution in [0.5, 0.6) is 0 Å². The normalized spacial score (nSPS) is 15.3. The second-order valence-corrected chi connectivity index (χ2v) is 38.2. The van der Waals surface area contributed by atoms with Crippen LogP contribution < -0.4 is 115 Å². The maximum Gasteiger partial charge on any atom is 0.326 e. The van der Waals surface area contributed by atoms with Crippen molar-refractivity contribution in [3.63, 3.8) is 0 Å². The number of hydrogen-bond acceptors (Lipinski definition) is 22. The Balaban J connectivity index is 7.42. The Kier molecular flexibility index (Phi) is 61.9. The molecule has 14 amide bonds. The Morgan fingerprint density at radius 2 is 0.299 bits per heavy atom. The van der Waals surface area contributed by atoms with Crippen LogP contribution in [0.3, 0.4) is 0 Å². The zero-order valence-corrected chi connectivity index (χ0v) is 80.3. The SMILES string of the molecule is CC(C)C[C@H](NC(=O)[C@H](CCCCN)NC(=O)[C@H](CC(C)C)NC(=O)[C@@H](CC(C)C)NC(=O)[C@H](CC(C)C)NC(=O)[C@@H](N)CCCCN)C(=O)N[C@@H](CC(C)C)C(=O)N[C@H](CCCCN)C(=O)N[C@H](CCCCN)C(=O)N[C@@H](CC(C)C)C(=O)N[C@@H](CC(C)C)C(=O)N[C@@H](CCCCN)C(=O)N[C@H](CC(C)C)C(=O)N[C@@H](CC(C)C)C(=O)N[C@@H](CCCCN)C(=O)O. The van der Waals surface area contributed by atoms with Crippen LogP contribution in [0.2, 0.25) is 0 Å². The quantitative estimate of drug-likeness (QED) is 0.0389. The first-order chi connectivity index (χ1) is 59.7. The predicted molar refractivity (Wildman–Crippen MR) is 495 cm³/mol. The minimum Gasteiger partial charge on any atom is -0.480 e. The lowest BCUT2D eigenvalue weighted by Gasteiger charge is -2.30. The van der Waals surface area contributed by atoms with E-state index in [1.165, 1.54) is 0 Å². The molecule has 0 aliphatic heterocycles. The van der Waals surface area contributed by atoms with E-state index in [2.05, 4.69) is 74.4 Å². The molecule has 15 atom stereocenters. The molecule has 0 unspecified atom stereocenters. The Bertz CT molecular complexity index is 3280. The van der Waals surface area contributed by atoms with E-state index in [0.29, 0.717) is 96.6 Å². The Morgan fingerprint density at radius 3 is 0.441 bits per heavy atom. The summed E-state index contributed by atoms with van der Waals surface area (Å²) in [6.45, 7) is 34.9. The number of nitrogens with one attached hydrogen (secondary N) is 14. The van der Waals surface area contributed by atoms with Gasteiger partial charge in [-0.3, -0.25) is 67.1 Å². The van der Waals surface area contributed by atoms with Gasteiger partial charge in [0.15, 0.2) is 0 Å². The number of carboxylic acid groups (broad SMARTS) is 1. The number of carbonyl (C=O) groups excluding carboxylic acids is 14. The summed E-state index contributed by atoms with van der Waals surface area (Å²) in [4.78, 5) is 215. The summed E-state index contributed by atoms with van der Waals surface area (Å²) in [5.41, 5.74) is 41.2. The molecular formula is C90H173N21O16. The van der Waals surface area contributed by atoms with Crippen molar-refractivity contribution in [3.8, 4) is 0 Å². The molecule has 0 bridgehead atoms. The maximum absolute atomic E-state index is 14.9. The van der Waals surface area contributed by atoms with Crippen molar-refractivity contribution < 1.29 is 77.0 Å². The fourth-order valence-corrected chi connectivity index (χ4v) is 14.6. The van der Waals surface area contributed by atoms with Gasteiger partial charge in [-0.15, -0.1) is 0 Å². The molecule has 37 heteroatoms. The topological polar surface area (TPSA) is 627 Å². The van der Waals surface area contributed by atoms with E-state index in [4.69, 9.17) is 40.1 Å². The first-order valence-electron chi connectivity index (χ1n) is 47.1. The van der Waals surface area contributed by atoms with Crippen molar-refractivity contribution in [3.05, 3.63) is 0 Å². The number of carbonyl (C=O) groups is 15. The average molecular weight is 1810 g/mol. The predicted octanol–water partition coefficient (Wildman–Crippen LogP) is 2.37. The van der Waals surface area contributed by atoms with Gasteiger partial charge in [-0.05, 0) is 259 Å². The van der Waals surface area contributed by atoms with Crippen molar-refractivity contribution >= 4 is 88.7 Å². The molecule has 37 nitrogen and oxygen atoms in total. The van der Waals surface area contributed by atoms with Crippen LogP contribution in [0.1, 0.15) is 298 Å². The molecule has 0 saturated heterocycles. The zero-order valence-electron chi connectivity index (χ0n) is 80.3. The highest BCUT2D eigenvalue weighted by Gasteiger charge is 2.40. The van der Waals surface area contributed by atoms with Gasteiger partial charge in [0.1, 0.15) is 84.6 Å². The highest BCUT2D eigenvalue weighted by molar-refractivity contribution is 6.00. The third kappa shape index (κ3) is 52.3. The molecule has 29 N–H and O–H groups in total. The van der Waals surface area contributed by atoms with Crippen molar-refractivity contribution in [1.29, 1.82) is 0 Å². The van der Waals surface area contributed by atoms with Crippen molar-refractivity contribution in [2.75, 3.05) is 39.3 Å². The van der Waals surface area contributed by atoms with Crippen molar-refractivity contribution in [2.45, 2.75) is 389 Å². The Hall–Kier alpha value is -8.23. The first-order valence-corrected chi connectivity index (χ1v) is 47.1. The molecule has 734 valence electrons. The van der Waals surface area contributed by atoms with E-state index in [1.54, 1.807) is 0 Å². The fourth-order valence-electron chi connectivity index (χ4n) is 14.6. The third-order valence-corrected chi connectivity index (χ3v) is 21.2. The van der Waals surface area contributed by atoms with Gasteiger partial charge in [-0.1, -0.05) is 131 Å². The molecule has 0 aliphatic carbocycles. The highest BCUT2D eigenvalue weighted by atomic mass is 16.4. The zero-order chi connectivity index (χ0) is 96.8. The summed E-state index contributed by atoms with van der Waals surface area (Å²) in [5, 5.41) is 49.2. The van der Waals surface area contributed by atoms with E-state index >= 15 is 0 Å². The number of nitrogens with two attached hydrogens (primary N) is 7. The average Bonchev–Trinajstić information content (AvgIpc) is 0.856. The second kappa shape index (κ2) is 66.2. The van der Waals surface area contributed by atoms with Crippen LogP contribution in [-0.2, 0) is 71.9 Å². The molecule has 0 aliphatic rings. The highest BCUT2D eigenvalue weighted by Crippen LogP contribution is 2.20. The molecule has 127 heavy (non-hydrogen) atoms. The van der Waals surface area contributed by atoms with Crippen LogP contribution in [0, 0.1) is 53.3 Å². The number of carboxylic acids is 1. The van der Waals surface area contributed by atoms with Crippen LogP contribution >= 0.6 is 0 Å². The molecular weight excluding hydrogens is 1630 g/mol. The summed E-state index contributed by atoms with van der Waals surface area (Å²) in [6, 6.07) is -18.3. The molecule has 0 saturated carbocycles. The van der Waals surface area contributed by atoms with Crippen LogP contribution in [0.15, 0.2) is 0 Å². The Labute approximate surface area is 758 Å². The fraction of sp³-hybridized carbons (Fsp3) is 0.833. The molecule has 0 aromatic carbocycles. The smallest absolute Gasteiger partial charge is 0.326 e. The molecule has 0 aromatic rings. The number of hydrogen-bond donors (Lipinski definition) is 22. The summed E-state index contributed by atoms with van der Waals surface area (Å²) >= 11 is 0. The summed E-state index contributed by atoms with van der Waals surface area (Å²) in [5.74, 6) is -12.8. The number of aliphatic carboxylic acids is 1. The monoisotopic (exact) mass is 1800 g/mol. The summed E-state index contributed by atoms with van der Waals surface area (Å²) < 4.78 is 0. The van der Waals surface area contributed by atoms with Gasteiger partial charge in [0.05, 0.1) is 6.04 Å². The van der Waals surface area contributed by atoms with E-state index in [-0.39, 0.29) is 169 Å². The van der Waals surface area contributed by atoms with E-state index in [1.807, 2.05) is 125 Å². The van der Waals surface area contributed by atoms with Gasteiger partial charge in [-0.25, -0.2) is 4.79 Å². The lowest BCUT2D eigenvalue weighted by Crippen LogP contribution is -2.61.